The van der Waals surface area contributed by atoms with Crippen molar-refractivity contribution in [2.75, 3.05) is 7.11 Å². The second kappa shape index (κ2) is 7.70. The van der Waals surface area contributed by atoms with Gasteiger partial charge in [-0.1, -0.05) is 28.1 Å². The van der Waals surface area contributed by atoms with E-state index in [2.05, 4.69) is 25.7 Å². The van der Waals surface area contributed by atoms with Crippen molar-refractivity contribution in [2.45, 2.75) is 25.3 Å². The molecule has 6 heteroatoms. The minimum atomic E-state index is -0.581. The van der Waals surface area contributed by atoms with Gasteiger partial charge in [-0.2, -0.15) is 0 Å². The Balaban J connectivity index is 2.05. The van der Waals surface area contributed by atoms with Crippen LogP contribution in [0.5, 0.6) is 0 Å². The average molecular weight is 401 g/mol. The molecule has 2 heterocycles. The van der Waals surface area contributed by atoms with Gasteiger partial charge in [-0.25, -0.2) is 0 Å². The zero-order valence-electron chi connectivity index (χ0n) is 13.7. The first-order valence-electron chi connectivity index (χ1n) is 7.96. The summed E-state index contributed by atoms with van der Waals surface area (Å²) < 4.78 is 5.59. The van der Waals surface area contributed by atoms with Gasteiger partial charge in [-0.15, -0.1) is 0 Å². The van der Waals surface area contributed by atoms with Crippen LogP contribution in [0.15, 0.2) is 52.1 Å². The number of hydrogen-bond donors (Lipinski definition) is 0. The summed E-state index contributed by atoms with van der Waals surface area (Å²) in [6.07, 6.45) is 2.48. The van der Waals surface area contributed by atoms with Crippen molar-refractivity contribution in [1.29, 1.82) is 0 Å². The Hall–Kier alpha value is -2.34. The molecule has 1 aromatic heterocycles. The summed E-state index contributed by atoms with van der Waals surface area (Å²) in [4.78, 5) is 33.2. The number of esters is 1. The number of methoxy groups -OCH3 is 1. The van der Waals surface area contributed by atoms with E-state index in [1.807, 2.05) is 36.4 Å². The van der Waals surface area contributed by atoms with Gasteiger partial charge in [0.25, 0.3) is 0 Å². The summed E-state index contributed by atoms with van der Waals surface area (Å²) in [7, 11) is 1.34. The summed E-state index contributed by atoms with van der Waals surface area (Å²) >= 11 is 3.48. The lowest BCUT2D eigenvalue weighted by atomic mass is 9.97. The number of carbonyl (C=O) groups is 2. The van der Waals surface area contributed by atoms with Gasteiger partial charge >= 0.3 is 5.97 Å². The number of aliphatic imine (C=N–C) groups is 1. The monoisotopic (exact) mass is 400 g/mol. The molecule has 25 heavy (non-hydrogen) atoms. The van der Waals surface area contributed by atoms with Crippen molar-refractivity contribution in [3.8, 4) is 0 Å². The van der Waals surface area contributed by atoms with Crippen LogP contribution in [-0.4, -0.2) is 35.6 Å². The van der Waals surface area contributed by atoms with E-state index < -0.39 is 6.04 Å². The molecule has 0 saturated heterocycles. The predicted molar refractivity (Wildman–Crippen MR) is 97.8 cm³/mol. The lowest BCUT2D eigenvalue weighted by Gasteiger charge is -2.10. The number of benzene rings is 1. The molecule has 1 aromatic carbocycles. The number of Topliss-reactive ketones (excluding diaryl/α,β-unsaturated/α-hetero) is 1. The molecule has 0 saturated carbocycles. The maximum Gasteiger partial charge on any atom is 0.305 e. The first-order valence-corrected chi connectivity index (χ1v) is 8.75. The fourth-order valence-electron chi connectivity index (χ4n) is 2.82. The largest absolute Gasteiger partial charge is 0.469 e. The molecule has 0 spiro atoms. The number of hydrogen-bond acceptors (Lipinski definition) is 5. The number of carbonyl (C=O) groups excluding carboxylic acids is 2. The molecule has 3 rings (SSSR count). The van der Waals surface area contributed by atoms with Crippen molar-refractivity contribution in [3.05, 3.63) is 63.9 Å². The highest BCUT2D eigenvalue weighted by Gasteiger charge is 2.27. The molecule has 0 bridgehead atoms. The minimum absolute atomic E-state index is 0.00148. The van der Waals surface area contributed by atoms with Crippen LogP contribution in [0, 0.1) is 0 Å². The third-order valence-electron chi connectivity index (χ3n) is 4.11. The van der Waals surface area contributed by atoms with Crippen molar-refractivity contribution in [1.82, 2.24) is 4.98 Å². The number of rotatable bonds is 4. The summed E-state index contributed by atoms with van der Waals surface area (Å²) in [6.45, 7) is 0. The van der Waals surface area contributed by atoms with Crippen LogP contribution >= 0.6 is 15.9 Å². The number of ketones is 1. The van der Waals surface area contributed by atoms with Crippen molar-refractivity contribution in [2.24, 2.45) is 4.99 Å². The van der Waals surface area contributed by atoms with E-state index in [9.17, 15) is 9.59 Å². The normalized spacial score (nSPS) is 16.6. The summed E-state index contributed by atoms with van der Waals surface area (Å²) in [5.41, 5.74) is 3.19. The van der Waals surface area contributed by atoms with E-state index in [0.717, 1.165) is 15.6 Å². The van der Waals surface area contributed by atoms with E-state index >= 15 is 0 Å². The van der Waals surface area contributed by atoms with Gasteiger partial charge in [0.05, 0.1) is 18.5 Å². The van der Waals surface area contributed by atoms with Gasteiger partial charge < -0.3 is 4.74 Å². The van der Waals surface area contributed by atoms with E-state index in [4.69, 9.17) is 4.99 Å². The molecular formula is C19H17BrN2O3. The van der Waals surface area contributed by atoms with Crippen LogP contribution < -0.4 is 0 Å². The molecule has 0 unspecified atom stereocenters. The second-order valence-electron chi connectivity index (χ2n) is 5.77. The Labute approximate surface area is 154 Å². The van der Waals surface area contributed by atoms with Crippen LogP contribution in [0.2, 0.25) is 0 Å². The lowest BCUT2D eigenvalue weighted by Crippen LogP contribution is -2.21. The Morgan fingerprint density at radius 2 is 2.16 bits per heavy atom. The summed E-state index contributed by atoms with van der Waals surface area (Å²) in [5, 5.41) is 0. The van der Waals surface area contributed by atoms with Gasteiger partial charge in [0.2, 0.25) is 0 Å². The van der Waals surface area contributed by atoms with Gasteiger partial charge in [0, 0.05) is 29.1 Å². The first-order chi connectivity index (χ1) is 12.1. The van der Waals surface area contributed by atoms with E-state index in [1.165, 1.54) is 7.11 Å². The lowest BCUT2D eigenvalue weighted by molar-refractivity contribution is -0.140. The second-order valence-corrected chi connectivity index (χ2v) is 6.68. The number of aromatic nitrogens is 1. The number of fused-ring (bicyclic) bond motifs is 1. The van der Waals surface area contributed by atoms with Crippen LogP contribution in [0.25, 0.3) is 0 Å². The van der Waals surface area contributed by atoms with E-state index in [1.54, 1.807) is 6.20 Å². The standard InChI is InChI=1S/C19H17BrN2O3/c1-25-18(24)8-7-15-17(23)10-12-5-6-13(20)11-14(12)19(22-15)16-4-2-3-9-21-16/h2-6,9,11,15H,7-8,10H2,1H3/t15-/m0/s1. The highest BCUT2D eigenvalue weighted by molar-refractivity contribution is 9.10. The van der Waals surface area contributed by atoms with Crippen molar-refractivity contribution < 1.29 is 14.3 Å². The smallest absolute Gasteiger partial charge is 0.305 e. The van der Waals surface area contributed by atoms with Gasteiger partial charge in [0.1, 0.15) is 6.04 Å². The highest BCUT2D eigenvalue weighted by Crippen LogP contribution is 2.25. The molecule has 2 aromatic rings. The third kappa shape index (κ3) is 4.02. The average Bonchev–Trinajstić information content (AvgIpc) is 2.76. The highest BCUT2D eigenvalue weighted by atomic mass is 79.9. The maximum absolute atomic E-state index is 12.6. The van der Waals surface area contributed by atoms with Gasteiger partial charge in [-0.05, 0) is 36.2 Å². The first kappa shape index (κ1) is 17.5. The van der Waals surface area contributed by atoms with Crippen molar-refractivity contribution in [3.63, 3.8) is 0 Å². The van der Waals surface area contributed by atoms with Crippen LogP contribution in [0.3, 0.4) is 0 Å². The molecule has 0 radical (unpaired) electrons. The third-order valence-corrected chi connectivity index (χ3v) is 4.60. The molecule has 0 aliphatic carbocycles. The number of ether oxygens (including phenoxy) is 1. The Bertz CT molecular complexity index is 834. The zero-order valence-corrected chi connectivity index (χ0v) is 15.3. The Morgan fingerprint density at radius 3 is 2.88 bits per heavy atom. The Kier molecular flexibility index (Phi) is 5.38. The maximum atomic E-state index is 12.6. The van der Waals surface area contributed by atoms with Crippen LogP contribution in [-0.2, 0) is 20.7 Å². The molecular weight excluding hydrogens is 384 g/mol. The van der Waals surface area contributed by atoms with Crippen molar-refractivity contribution >= 4 is 33.4 Å². The number of halogens is 1. The predicted octanol–water partition coefficient (Wildman–Crippen LogP) is 3.13. The fraction of sp³-hybridized carbons (Fsp3) is 0.263. The molecule has 0 amide bonds. The minimum Gasteiger partial charge on any atom is -0.469 e. The van der Waals surface area contributed by atoms with Crippen LogP contribution in [0.1, 0.15) is 29.7 Å². The molecule has 1 aliphatic heterocycles. The molecule has 0 fully saturated rings. The zero-order chi connectivity index (χ0) is 17.8. The SMILES string of the molecule is COC(=O)CC[C@@H]1N=C(c2ccccn2)c2cc(Br)ccc2CC1=O. The topological polar surface area (TPSA) is 68.6 Å². The summed E-state index contributed by atoms with van der Waals surface area (Å²) in [6, 6.07) is 10.8. The Morgan fingerprint density at radius 1 is 1.32 bits per heavy atom. The van der Waals surface area contributed by atoms with Crippen LogP contribution in [0.4, 0.5) is 0 Å². The van der Waals surface area contributed by atoms with E-state index in [-0.39, 0.29) is 24.6 Å². The number of nitrogens with zero attached hydrogens (tertiary/aromatic N) is 2. The summed E-state index contributed by atoms with van der Waals surface area (Å²) in [5.74, 6) is -0.342. The molecule has 128 valence electrons. The number of pyridine rings is 1. The van der Waals surface area contributed by atoms with E-state index in [0.29, 0.717) is 17.8 Å². The molecule has 1 aliphatic rings. The van der Waals surface area contributed by atoms with Gasteiger partial charge in [-0.3, -0.25) is 19.6 Å². The molecule has 0 N–H and O–H groups in total. The molecule has 5 nitrogen and oxygen atoms in total. The fourth-order valence-corrected chi connectivity index (χ4v) is 3.18. The molecule has 1 atom stereocenters. The van der Waals surface area contributed by atoms with Gasteiger partial charge in [0.15, 0.2) is 5.78 Å². The quantitative estimate of drug-likeness (QED) is 0.739.